The number of aromatic nitrogens is 1. The predicted molar refractivity (Wildman–Crippen MR) is 48.9 cm³/mol. The van der Waals surface area contributed by atoms with Crippen molar-refractivity contribution < 1.29 is 9.18 Å². The third-order valence-corrected chi connectivity index (χ3v) is 2.35. The lowest BCUT2D eigenvalue weighted by molar-refractivity contribution is 0.101. The maximum Gasteiger partial charge on any atom is 0.286 e. The molecule has 0 atom stereocenters. The number of halogens is 1. The Bertz CT molecular complexity index is 446. The van der Waals surface area contributed by atoms with Gasteiger partial charge in [0, 0.05) is 17.8 Å². The molecule has 1 aromatic heterocycles. The first-order valence-corrected chi connectivity index (χ1v) is 4.52. The molecule has 0 spiro atoms. The normalized spacial score (nSPS) is 15.6. The Balaban J connectivity index is 2.57. The highest BCUT2D eigenvalue weighted by Crippen LogP contribution is 2.33. The van der Waals surface area contributed by atoms with Crippen LogP contribution < -0.4 is 5.56 Å². The number of pyridine rings is 1. The lowest BCUT2D eigenvalue weighted by Crippen LogP contribution is -2.23. The highest BCUT2D eigenvalue weighted by atomic mass is 19.1. The van der Waals surface area contributed by atoms with Crippen LogP contribution in [-0.4, -0.2) is 10.4 Å². The van der Waals surface area contributed by atoms with E-state index < -0.39 is 11.4 Å². The number of carbonyl (C=O) groups is 1. The molecule has 1 aliphatic rings. The van der Waals surface area contributed by atoms with Crippen LogP contribution in [0.1, 0.15) is 36.2 Å². The van der Waals surface area contributed by atoms with Crippen molar-refractivity contribution >= 4 is 5.78 Å². The number of rotatable bonds is 2. The molecule has 0 bridgehead atoms. The molecule has 1 saturated carbocycles. The Kier molecular flexibility index (Phi) is 1.98. The first-order valence-electron chi connectivity index (χ1n) is 4.52. The average Bonchev–Trinajstić information content (AvgIpc) is 2.92. The lowest BCUT2D eigenvalue weighted by atomic mass is 10.2. The number of nitrogens with zero attached hydrogens (tertiary/aromatic N) is 1. The Morgan fingerprint density at radius 2 is 2.21 bits per heavy atom. The van der Waals surface area contributed by atoms with E-state index in [1.807, 2.05) is 0 Å². The summed E-state index contributed by atoms with van der Waals surface area (Å²) in [4.78, 5) is 22.3. The third-order valence-electron chi connectivity index (χ3n) is 2.35. The zero-order chi connectivity index (χ0) is 10.3. The van der Waals surface area contributed by atoms with Crippen molar-refractivity contribution in [2.75, 3.05) is 0 Å². The second-order valence-corrected chi connectivity index (χ2v) is 3.58. The molecule has 1 heterocycles. The number of ketones is 1. The van der Waals surface area contributed by atoms with Crippen LogP contribution in [-0.2, 0) is 0 Å². The molecule has 4 heteroatoms. The molecule has 0 unspecified atom stereocenters. The van der Waals surface area contributed by atoms with E-state index in [0.717, 1.165) is 18.9 Å². The van der Waals surface area contributed by atoms with E-state index in [2.05, 4.69) is 0 Å². The van der Waals surface area contributed by atoms with Gasteiger partial charge in [-0.3, -0.25) is 9.59 Å². The van der Waals surface area contributed by atoms with Gasteiger partial charge in [0.1, 0.15) is 0 Å². The average molecular weight is 195 g/mol. The molecule has 0 amide bonds. The minimum atomic E-state index is -0.843. The highest BCUT2D eigenvalue weighted by Gasteiger charge is 2.26. The van der Waals surface area contributed by atoms with Gasteiger partial charge in [-0.1, -0.05) is 0 Å². The Labute approximate surface area is 80.2 Å². The zero-order valence-corrected chi connectivity index (χ0v) is 7.79. The monoisotopic (exact) mass is 195 g/mol. The summed E-state index contributed by atoms with van der Waals surface area (Å²) in [5.74, 6) is -1.07. The van der Waals surface area contributed by atoms with Crippen molar-refractivity contribution in [2.45, 2.75) is 25.8 Å². The van der Waals surface area contributed by atoms with E-state index >= 15 is 0 Å². The molecule has 0 saturated heterocycles. The van der Waals surface area contributed by atoms with Gasteiger partial charge in [0.05, 0.1) is 0 Å². The second-order valence-electron chi connectivity index (χ2n) is 3.58. The molecular weight excluding hydrogens is 185 g/mol. The number of Topliss-reactive ketones (excluding diaryl/α,β-unsaturated/α-hetero) is 1. The van der Waals surface area contributed by atoms with Crippen molar-refractivity contribution in [3.63, 3.8) is 0 Å². The van der Waals surface area contributed by atoms with Gasteiger partial charge in [0.2, 0.25) is 0 Å². The summed E-state index contributed by atoms with van der Waals surface area (Å²) in [5.41, 5.74) is -0.369. The van der Waals surface area contributed by atoms with Crippen LogP contribution in [0, 0.1) is 5.82 Å². The Morgan fingerprint density at radius 1 is 1.57 bits per heavy atom. The smallest absolute Gasteiger partial charge is 0.286 e. The fourth-order valence-corrected chi connectivity index (χ4v) is 1.38. The van der Waals surface area contributed by atoms with Gasteiger partial charge in [-0.25, -0.2) is 4.39 Å². The molecule has 1 aromatic rings. The van der Waals surface area contributed by atoms with E-state index in [1.54, 1.807) is 0 Å². The molecule has 1 fully saturated rings. The molecular formula is C10H10FNO2. The van der Waals surface area contributed by atoms with Crippen LogP contribution >= 0.6 is 0 Å². The molecule has 0 aromatic carbocycles. The molecule has 3 nitrogen and oxygen atoms in total. The van der Waals surface area contributed by atoms with E-state index in [0.29, 0.717) is 0 Å². The number of hydrogen-bond donors (Lipinski definition) is 0. The third kappa shape index (κ3) is 1.47. The zero-order valence-electron chi connectivity index (χ0n) is 7.79. The van der Waals surface area contributed by atoms with E-state index in [4.69, 9.17) is 0 Å². The minimum absolute atomic E-state index is 0.0938. The van der Waals surface area contributed by atoms with Crippen molar-refractivity contribution in [2.24, 2.45) is 0 Å². The maximum absolute atomic E-state index is 13.1. The van der Waals surface area contributed by atoms with Gasteiger partial charge >= 0.3 is 0 Å². The maximum atomic E-state index is 13.1. The van der Waals surface area contributed by atoms with Crippen LogP contribution in [0.3, 0.4) is 0 Å². The van der Waals surface area contributed by atoms with Gasteiger partial charge in [-0.05, 0) is 25.8 Å². The fraction of sp³-hybridized carbons (Fsp3) is 0.400. The van der Waals surface area contributed by atoms with Crippen LogP contribution in [0.2, 0.25) is 0 Å². The largest absolute Gasteiger partial charge is 0.309 e. The van der Waals surface area contributed by atoms with Crippen LogP contribution in [0.15, 0.2) is 17.1 Å². The van der Waals surface area contributed by atoms with Crippen molar-refractivity contribution in [3.8, 4) is 0 Å². The molecule has 0 aliphatic heterocycles. The summed E-state index contributed by atoms with van der Waals surface area (Å²) in [6.45, 7) is 1.36. The van der Waals surface area contributed by atoms with Crippen LogP contribution in [0.5, 0.6) is 0 Å². The summed E-state index contributed by atoms with van der Waals surface area (Å²) in [6.07, 6.45) is 3.23. The SMILES string of the molecule is CC(=O)c1cc(F)c(=O)n(C2CC2)c1. The first-order chi connectivity index (χ1) is 6.59. The molecule has 14 heavy (non-hydrogen) atoms. The van der Waals surface area contributed by atoms with Crippen molar-refractivity contribution in [3.05, 3.63) is 34.0 Å². The van der Waals surface area contributed by atoms with Gasteiger partial charge in [0.25, 0.3) is 5.56 Å². The highest BCUT2D eigenvalue weighted by molar-refractivity contribution is 5.93. The van der Waals surface area contributed by atoms with Crippen molar-refractivity contribution in [1.29, 1.82) is 0 Å². The standard InChI is InChI=1S/C10H10FNO2/c1-6(13)7-4-9(11)10(14)12(5-7)8-2-3-8/h4-5,8H,2-3H2,1H3. The fourth-order valence-electron chi connectivity index (χ4n) is 1.38. The topological polar surface area (TPSA) is 39.1 Å². The molecule has 2 rings (SSSR count). The number of hydrogen-bond acceptors (Lipinski definition) is 2. The molecule has 1 aliphatic carbocycles. The van der Waals surface area contributed by atoms with E-state index in [9.17, 15) is 14.0 Å². The summed E-state index contributed by atoms with van der Waals surface area (Å²) >= 11 is 0. The van der Waals surface area contributed by atoms with E-state index in [-0.39, 0.29) is 17.4 Å². The second kappa shape index (κ2) is 3.04. The number of carbonyl (C=O) groups excluding carboxylic acids is 1. The summed E-state index contributed by atoms with van der Waals surface area (Å²) in [7, 11) is 0. The van der Waals surface area contributed by atoms with Gasteiger partial charge < -0.3 is 4.57 Å². The Hall–Kier alpha value is -1.45. The van der Waals surface area contributed by atoms with Gasteiger partial charge in [-0.2, -0.15) is 0 Å². The summed E-state index contributed by atoms with van der Waals surface area (Å²) in [6, 6.07) is 1.10. The van der Waals surface area contributed by atoms with Gasteiger partial charge in [-0.15, -0.1) is 0 Å². The van der Waals surface area contributed by atoms with Crippen molar-refractivity contribution in [1.82, 2.24) is 4.57 Å². The first kappa shape index (κ1) is 9.12. The molecule has 0 N–H and O–H groups in total. The summed E-state index contributed by atoms with van der Waals surface area (Å²) in [5, 5.41) is 0. The van der Waals surface area contributed by atoms with Gasteiger partial charge in [0.15, 0.2) is 11.6 Å². The van der Waals surface area contributed by atoms with Crippen LogP contribution in [0.4, 0.5) is 4.39 Å². The molecule has 0 radical (unpaired) electrons. The predicted octanol–water partition coefficient (Wildman–Crippen LogP) is 1.52. The Morgan fingerprint density at radius 3 is 2.71 bits per heavy atom. The van der Waals surface area contributed by atoms with E-state index in [1.165, 1.54) is 17.7 Å². The summed E-state index contributed by atoms with van der Waals surface area (Å²) < 4.78 is 14.4. The molecule has 74 valence electrons. The minimum Gasteiger partial charge on any atom is -0.309 e. The lowest BCUT2D eigenvalue weighted by Gasteiger charge is -2.05. The quantitative estimate of drug-likeness (QED) is 0.671. The van der Waals surface area contributed by atoms with Crippen LogP contribution in [0.25, 0.3) is 0 Å².